The van der Waals surface area contributed by atoms with E-state index in [0.29, 0.717) is 11.4 Å². The van der Waals surface area contributed by atoms with E-state index in [4.69, 9.17) is 4.74 Å². The van der Waals surface area contributed by atoms with Crippen LogP contribution in [0, 0.1) is 13.8 Å². The fraction of sp³-hybridized carbons (Fsp3) is 0.174. The molecule has 3 aromatic rings. The predicted octanol–water partition coefficient (Wildman–Crippen LogP) is 4.15. The van der Waals surface area contributed by atoms with Crippen molar-refractivity contribution in [3.05, 3.63) is 83.9 Å². The fourth-order valence-corrected chi connectivity index (χ4v) is 4.15. The lowest BCUT2D eigenvalue weighted by molar-refractivity contribution is -0.118. The molecule has 6 nitrogen and oxygen atoms in total. The smallest absolute Gasteiger partial charge is 0.264 e. The van der Waals surface area contributed by atoms with E-state index in [0.717, 1.165) is 16.8 Å². The van der Waals surface area contributed by atoms with Gasteiger partial charge in [0.1, 0.15) is 5.75 Å². The van der Waals surface area contributed by atoms with Crippen LogP contribution in [0.5, 0.6) is 5.75 Å². The van der Waals surface area contributed by atoms with Gasteiger partial charge in [-0.15, -0.1) is 0 Å². The molecule has 0 aromatic heterocycles. The maximum atomic E-state index is 12.7. The Labute approximate surface area is 177 Å². The van der Waals surface area contributed by atoms with Gasteiger partial charge in [0.05, 0.1) is 10.6 Å². The summed E-state index contributed by atoms with van der Waals surface area (Å²) >= 11 is 0. The number of carbonyl (C=O) groups is 1. The van der Waals surface area contributed by atoms with Gasteiger partial charge in [0.2, 0.25) is 0 Å². The van der Waals surface area contributed by atoms with E-state index in [1.807, 2.05) is 32.0 Å². The Morgan fingerprint density at radius 2 is 1.63 bits per heavy atom. The van der Waals surface area contributed by atoms with E-state index in [1.54, 1.807) is 54.6 Å². The number of hydrogen-bond donors (Lipinski definition) is 1. The largest absolute Gasteiger partial charge is 0.484 e. The van der Waals surface area contributed by atoms with Gasteiger partial charge < -0.3 is 10.1 Å². The van der Waals surface area contributed by atoms with Crippen molar-refractivity contribution >= 4 is 27.3 Å². The monoisotopic (exact) mass is 424 g/mol. The molecule has 156 valence electrons. The normalized spacial score (nSPS) is 11.0. The molecule has 0 bridgehead atoms. The summed E-state index contributed by atoms with van der Waals surface area (Å²) in [5, 5.41) is 2.82. The van der Waals surface area contributed by atoms with Gasteiger partial charge in [0.25, 0.3) is 15.9 Å². The lowest BCUT2D eigenvalue weighted by Crippen LogP contribution is -2.26. The molecule has 0 saturated heterocycles. The van der Waals surface area contributed by atoms with E-state index in [1.165, 1.54) is 11.4 Å². The number of hydrogen-bond acceptors (Lipinski definition) is 4. The lowest BCUT2D eigenvalue weighted by atomic mass is 10.1. The van der Waals surface area contributed by atoms with Gasteiger partial charge in [0, 0.05) is 12.7 Å². The van der Waals surface area contributed by atoms with Crippen molar-refractivity contribution in [2.45, 2.75) is 18.7 Å². The van der Waals surface area contributed by atoms with Crippen LogP contribution in [0.2, 0.25) is 0 Å². The third-order valence-electron chi connectivity index (χ3n) is 4.63. The maximum Gasteiger partial charge on any atom is 0.264 e. The second-order valence-corrected chi connectivity index (χ2v) is 8.90. The molecule has 1 amide bonds. The molecule has 3 aromatic carbocycles. The Bertz CT molecular complexity index is 1130. The molecule has 0 aliphatic rings. The third-order valence-corrected chi connectivity index (χ3v) is 6.43. The minimum absolute atomic E-state index is 0.148. The van der Waals surface area contributed by atoms with Gasteiger partial charge in [-0.2, -0.15) is 0 Å². The molecule has 0 aliphatic carbocycles. The van der Waals surface area contributed by atoms with E-state index in [2.05, 4.69) is 5.32 Å². The first-order valence-corrected chi connectivity index (χ1v) is 10.9. The molecule has 7 heteroatoms. The highest BCUT2D eigenvalue weighted by Gasteiger charge is 2.20. The van der Waals surface area contributed by atoms with Gasteiger partial charge in [-0.3, -0.25) is 9.10 Å². The standard InChI is InChI=1S/C23H24N2O4S/c1-17-9-14-22(18(2)15-17)24-23(26)16-29-20-12-10-19(11-13-20)25(3)30(27,28)21-7-5-4-6-8-21/h4-15H,16H2,1-3H3,(H,24,26). The van der Waals surface area contributed by atoms with E-state index in [9.17, 15) is 13.2 Å². The Morgan fingerprint density at radius 3 is 2.27 bits per heavy atom. The zero-order valence-electron chi connectivity index (χ0n) is 17.1. The molecule has 0 saturated carbocycles. The molecule has 0 fully saturated rings. The average Bonchev–Trinajstić information content (AvgIpc) is 2.75. The van der Waals surface area contributed by atoms with Crippen LogP contribution in [-0.4, -0.2) is 28.0 Å². The first-order chi connectivity index (χ1) is 14.3. The van der Waals surface area contributed by atoms with Gasteiger partial charge in [-0.05, 0) is 61.9 Å². The summed E-state index contributed by atoms with van der Waals surface area (Å²) < 4.78 is 32.1. The Morgan fingerprint density at radius 1 is 0.967 bits per heavy atom. The highest BCUT2D eigenvalue weighted by molar-refractivity contribution is 7.92. The maximum absolute atomic E-state index is 12.7. The number of benzene rings is 3. The number of amides is 1. The molecule has 0 heterocycles. The molecule has 0 unspecified atom stereocenters. The van der Waals surface area contributed by atoms with E-state index < -0.39 is 10.0 Å². The summed E-state index contributed by atoms with van der Waals surface area (Å²) in [7, 11) is -2.15. The minimum atomic E-state index is -3.64. The van der Waals surface area contributed by atoms with Crippen LogP contribution in [-0.2, 0) is 14.8 Å². The molecule has 0 aliphatic heterocycles. The molecular weight excluding hydrogens is 400 g/mol. The predicted molar refractivity (Wildman–Crippen MR) is 119 cm³/mol. The van der Waals surface area contributed by atoms with Crippen molar-refractivity contribution < 1.29 is 17.9 Å². The Kier molecular flexibility index (Phi) is 6.42. The van der Waals surface area contributed by atoms with Crippen LogP contribution in [0.1, 0.15) is 11.1 Å². The number of ether oxygens (including phenoxy) is 1. The molecular formula is C23H24N2O4S. The number of aryl methyl sites for hydroxylation is 2. The number of rotatable bonds is 7. The fourth-order valence-electron chi connectivity index (χ4n) is 2.93. The molecule has 0 radical (unpaired) electrons. The summed E-state index contributed by atoms with van der Waals surface area (Å²) in [6, 6.07) is 20.6. The zero-order chi connectivity index (χ0) is 21.7. The van der Waals surface area contributed by atoms with Crippen molar-refractivity contribution in [2.24, 2.45) is 0 Å². The van der Waals surface area contributed by atoms with Gasteiger partial charge in [-0.1, -0.05) is 35.9 Å². The first kappa shape index (κ1) is 21.4. The second kappa shape index (κ2) is 9.00. The summed E-state index contributed by atoms with van der Waals surface area (Å²) in [5.74, 6) is 0.204. The van der Waals surface area contributed by atoms with Gasteiger partial charge >= 0.3 is 0 Å². The topological polar surface area (TPSA) is 75.7 Å². The minimum Gasteiger partial charge on any atom is -0.484 e. The van der Waals surface area contributed by atoms with Crippen LogP contribution in [0.3, 0.4) is 0 Å². The van der Waals surface area contributed by atoms with Crippen molar-refractivity contribution in [1.82, 2.24) is 0 Å². The summed E-state index contributed by atoms with van der Waals surface area (Å²) in [5.41, 5.74) is 3.35. The van der Waals surface area contributed by atoms with Gasteiger partial charge in [0.15, 0.2) is 6.61 Å². The summed E-state index contributed by atoms with van der Waals surface area (Å²) in [4.78, 5) is 12.4. The van der Waals surface area contributed by atoms with E-state index in [-0.39, 0.29) is 17.4 Å². The van der Waals surface area contributed by atoms with Crippen molar-refractivity contribution in [2.75, 3.05) is 23.3 Å². The molecule has 3 rings (SSSR count). The third kappa shape index (κ3) is 4.99. The summed E-state index contributed by atoms with van der Waals surface area (Å²) in [6.45, 7) is 3.78. The van der Waals surface area contributed by atoms with Crippen LogP contribution >= 0.6 is 0 Å². The van der Waals surface area contributed by atoms with Gasteiger partial charge in [-0.25, -0.2) is 8.42 Å². The SMILES string of the molecule is Cc1ccc(NC(=O)COc2ccc(N(C)S(=O)(=O)c3ccccc3)cc2)c(C)c1. The van der Waals surface area contributed by atoms with Crippen molar-refractivity contribution in [3.8, 4) is 5.75 Å². The number of anilines is 2. The van der Waals surface area contributed by atoms with Crippen molar-refractivity contribution in [3.63, 3.8) is 0 Å². The Hall–Kier alpha value is -3.32. The Balaban J connectivity index is 1.61. The lowest BCUT2D eigenvalue weighted by Gasteiger charge is -2.19. The van der Waals surface area contributed by atoms with Crippen LogP contribution in [0.25, 0.3) is 0 Å². The zero-order valence-corrected chi connectivity index (χ0v) is 17.9. The van der Waals surface area contributed by atoms with Crippen molar-refractivity contribution in [1.29, 1.82) is 0 Å². The van der Waals surface area contributed by atoms with Crippen LogP contribution < -0.4 is 14.4 Å². The highest BCUT2D eigenvalue weighted by Crippen LogP contribution is 2.24. The highest BCUT2D eigenvalue weighted by atomic mass is 32.2. The molecule has 0 spiro atoms. The number of nitrogens with one attached hydrogen (secondary N) is 1. The second-order valence-electron chi connectivity index (χ2n) is 6.93. The summed E-state index contributed by atoms with van der Waals surface area (Å²) in [6.07, 6.45) is 0. The first-order valence-electron chi connectivity index (χ1n) is 9.41. The van der Waals surface area contributed by atoms with E-state index >= 15 is 0 Å². The van der Waals surface area contributed by atoms with Crippen LogP contribution in [0.15, 0.2) is 77.7 Å². The van der Waals surface area contributed by atoms with Crippen LogP contribution in [0.4, 0.5) is 11.4 Å². The quantitative estimate of drug-likeness (QED) is 0.618. The number of sulfonamides is 1. The average molecular weight is 425 g/mol. The number of carbonyl (C=O) groups excluding carboxylic acids is 1. The molecule has 0 atom stereocenters. The molecule has 1 N–H and O–H groups in total. The molecule has 30 heavy (non-hydrogen) atoms. The number of nitrogens with zero attached hydrogens (tertiary/aromatic N) is 1.